The van der Waals surface area contributed by atoms with E-state index in [1.165, 1.54) is 24.2 Å². The van der Waals surface area contributed by atoms with Crippen molar-refractivity contribution in [1.29, 1.82) is 0 Å². The Hall–Kier alpha value is -1.00. The molecular formula is C17H24N2OS. The van der Waals surface area contributed by atoms with Crippen molar-refractivity contribution in [2.24, 2.45) is 11.3 Å². The lowest BCUT2D eigenvalue weighted by Crippen LogP contribution is -2.44. The Morgan fingerprint density at radius 3 is 3.24 bits per heavy atom. The van der Waals surface area contributed by atoms with E-state index in [9.17, 15) is 4.79 Å². The van der Waals surface area contributed by atoms with Gasteiger partial charge in [-0.1, -0.05) is 25.8 Å². The minimum atomic E-state index is -0.174. The van der Waals surface area contributed by atoms with Crippen LogP contribution in [0.4, 0.5) is 5.69 Å². The number of carbonyl (C=O) groups excluding carboxylic acids is 1. The first-order valence-corrected chi connectivity index (χ1v) is 8.98. The molecule has 21 heavy (non-hydrogen) atoms. The predicted octanol–water partition coefficient (Wildman–Crippen LogP) is 3.52. The maximum atomic E-state index is 12.9. The van der Waals surface area contributed by atoms with E-state index >= 15 is 0 Å². The zero-order valence-corrected chi connectivity index (χ0v) is 13.5. The zero-order chi connectivity index (χ0) is 14.7. The van der Waals surface area contributed by atoms with Gasteiger partial charge in [0.2, 0.25) is 5.91 Å². The molecule has 0 aromatic heterocycles. The number of thioether (sulfide) groups is 1. The number of carbonyl (C=O) groups is 1. The fourth-order valence-corrected chi connectivity index (χ4v) is 4.49. The molecule has 1 aromatic rings. The SMILES string of the molecule is CCSc1cccc(NC(=O)[C@@]23CCCC[C@H]2CNC3)c1. The Morgan fingerprint density at radius 1 is 1.48 bits per heavy atom. The summed E-state index contributed by atoms with van der Waals surface area (Å²) in [5.41, 5.74) is 0.760. The summed E-state index contributed by atoms with van der Waals surface area (Å²) in [7, 11) is 0. The third kappa shape index (κ3) is 2.97. The van der Waals surface area contributed by atoms with Crippen molar-refractivity contribution in [3.05, 3.63) is 24.3 Å². The van der Waals surface area contributed by atoms with Gasteiger partial charge in [-0.25, -0.2) is 0 Å². The molecule has 0 unspecified atom stereocenters. The molecule has 0 radical (unpaired) electrons. The molecule has 2 fully saturated rings. The number of fused-ring (bicyclic) bond motifs is 1. The molecule has 2 N–H and O–H groups in total. The number of anilines is 1. The third-order valence-electron chi connectivity index (χ3n) is 4.89. The fraction of sp³-hybridized carbons (Fsp3) is 0.588. The first-order valence-electron chi connectivity index (χ1n) is 7.99. The van der Waals surface area contributed by atoms with Crippen LogP contribution >= 0.6 is 11.8 Å². The van der Waals surface area contributed by atoms with Gasteiger partial charge in [0.1, 0.15) is 0 Å². The summed E-state index contributed by atoms with van der Waals surface area (Å²) >= 11 is 1.81. The van der Waals surface area contributed by atoms with Crippen molar-refractivity contribution < 1.29 is 4.79 Å². The van der Waals surface area contributed by atoms with Gasteiger partial charge in [0, 0.05) is 17.1 Å². The van der Waals surface area contributed by atoms with Crippen LogP contribution < -0.4 is 10.6 Å². The first kappa shape index (κ1) is 14.9. The number of hydrogen-bond acceptors (Lipinski definition) is 3. The summed E-state index contributed by atoms with van der Waals surface area (Å²) in [5.74, 6) is 1.78. The van der Waals surface area contributed by atoms with E-state index in [1.54, 1.807) is 11.8 Å². The maximum absolute atomic E-state index is 12.9. The Balaban J connectivity index is 1.75. The molecule has 4 heteroatoms. The van der Waals surface area contributed by atoms with Crippen molar-refractivity contribution in [3.8, 4) is 0 Å². The van der Waals surface area contributed by atoms with E-state index < -0.39 is 0 Å². The summed E-state index contributed by atoms with van der Waals surface area (Å²) < 4.78 is 0. The van der Waals surface area contributed by atoms with E-state index in [1.807, 2.05) is 12.1 Å². The summed E-state index contributed by atoms with van der Waals surface area (Å²) in [6.07, 6.45) is 4.66. The van der Waals surface area contributed by atoms with Gasteiger partial charge >= 0.3 is 0 Å². The molecule has 1 aliphatic carbocycles. The second kappa shape index (κ2) is 6.41. The van der Waals surface area contributed by atoms with Crippen molar-refractivity contribution in [2.45, 2.75) is 37.5 Å². The predicted molar refractivity (Wildman–Crippen MR) is 88.7 cm³/mol. The van der Waals surface area contributed by atoms with Crippen molar-refractivity contribution >= 4 is 23.4 Å². The van der Waals surface area contributed by atoms with Crippen LogP contribution in [0.25, 0.3) is 0 Å². The summed E-state index contributed by atoms with van der Waals surface area (Å²) in [6, 6.07) is 8.20. The highest BCUT2D eigenvalue weighted by molar-refractivity contribution is 7.99. The van der Waals surface area contributed by atoms with Crippen LogP contribution in [0.2, 0.25) is 0 Å². The molecule has 1 amide bonds. The smallest absolute Gasteiger partial charge is 0.232 e. The molecule has 3 nitrogen and oxygen atoms in total. The Morgan fingerprint density at radius 2 is 2.38 bits per heavy atom. The molecule has 0 bridgehead atoms. The van der Waals surface area contributed by atoms with Crippen LogP contribution in [-0.4, -0.2) is 24.7 Å². The normalized spacial score (nSPS) is 28.1. The molecule has 2 atom stereocenters. The first-order chi connectivity index (χ1) is 10.2. The van der Waals surface area contributed by atoms with Gasteiger partial charge in [0.15, 0.2) is 0 Å². The monoisotopic (exact) mass is 304 g/mol. The number of rotatable bonds is 4. The molecule has 1 aromatic carbocycles. The largest absolute Gasteiger partial charge is 0.326 e. The second-order valence-corrected chi connectivity index (χ2v) is 7.48. The molecule has 1 heterocycles. The molecular weight excluding hydrogens is 280 g/mol. The highest BCUT2D eigenvalue weighted by atomic mass is 32.2. The van der Waals surface area contributed by atoms with Crippen LogP contribution in [0.1, 0.15) is 32.6 Å². The Labute approximate surface area is 131 Å². The molecule has 0 spiro atoms. The number of nitrogens with one attached hydrogen (secondary N) is 2. The van der Waals surface area contributed by atoms with E-state index in [-0.39, 0.29) is 11.3 Å². The lowest BCUT2D eigenvalue weighted by Gasteiger charge is -2.37. The van der Waals surface area contributed by atoms with Crippen molar-refractivity contribution in [3.63, 3.8) is 0 Å². The van der Waals surface area contributed by atoms with Gasteiger partial charge in [-0.2, -0.15) is 0 Å². The highest BCUT2D eigenvalue weighted by Gasteiger charge is 2.49. The Kier molecular flexibility index (Phi) is 4.55. The van der Waals surface area contributed by atoms with E-state index in [2.05, 4.69) is 29.7 Å². The molecule has 1 saturated heterocycles. The molecule has 114 valence electrons. The van der Waals surface area contributed by atoms with Gasteiger partial charge in [0.05, 0.1) is 5.41 Å². The molecule has 3 rings (SSSR count). The average Bonchev–Trinajstić information content (AvgIpc) is 2.93. The van der Waals surface area contributed by atoms with Gasteiger partial charge in [0.25, 0.3) is 0 Å². The number of hydrogen-bond donors (Lipinski definition) is 2. The van der Waals surface area contributed by atoms with Crippen molar-refractivity contribution in [2.75, 3.05) is 24.2 Å². The molecule has 1 saturated carbocycles. The maximum Gasteiger partial charge on any atom is 0.232 e. The summed E-state index contributed by atoms with van der Waals surface area (Å²) in [6.45, 7) is 3.98. The summed E-state index contributed by atoms with van der Waals surface area (Å²) in [5, 5.41) is 6.62. The van der Waals surface area contributed by atoms with E-state index in [0.717, 1.165) is 31.0 Å². The topological polar surface area (TPSA) is 41.1 Å². The fourth-order valence-electron chi connectivity index (χ4n) is 3.78. The van der Waals surface area contributed by atoms with Gasteiger partial charge < -0.3 is 10.6 Å². The zero-order valence-electron chi connectivity index (χ0n) is 12.7. The van der Waals surface area contributed by atoms with Gasteiger partial charge in [-0.05, 0) is 49.3 Å². The van der Waals surface area contributed by atoms with E-state index in [4.69, 9.17) is 0 Å². The standard InChI is InChI=1S/C17H24N2OS/c1-2-21-15-8-5-7-14(10-15)19-16(20)17-9-4-3-6-13(17)11-18-12-17/h5,7-8,10,13,18H,2-4,6,9,11-12H2,1H3,(H,19,20)/t13-,17+/m0/s1. The molecule has 1 aliphatic heterocycles. The van der Waals surface area contributed by atoms with Crippen LogP contribution in [0.15, 0.2) is 29.2 Å². The highest BCUT2D eigenvalue weighted by Crippen LogP contribution is 2.44. The van der Waals surface area contributed by atoms with Crippen LogP contribution in [-0.2, 0) is 4.79 Å². The lowest BCUT2D eigenvalue weighted by molar-refractivity contribution is -0.128. The lowest BCUT2D eigenvalue weighted by atomic mass is 9.67. The number of amides is 1. The Bertz CT molecular complexity index is 519. The second-order valence-electron chi connectivity index (χ2n) is 6.14. The van der Waals surface area contributed by atoms with Crippen molar-refractivity contribution in [1.82, 2.24) is 5.32 Å². The third-order valence-corrected chi connectivity index (χ3v) is 5.77. The minimum Gasteiger partial charge on any atom is -0.326 e. The van der Waals surface area contributed by atoms with Gasteiger partial charge in [-0.3, -0.25) is 4.79 Å². The average molecular weight is 304 g/mol. The van der Waals surface area contributed by atoms with Crippen LogP contribution in [0.5, 0.6) is 0 Å². The van der Waals surface area contributed by atoms with Crippen LogP contribution in [0.3, 0.4) is 0 Å². The summed E-state index contributed by atoms with van der Waals surface area (Å²) in [4.78, 5) is 14.1. The van der Waals surface area contributed by atoms with Gasteiger partial charge in [-0.15, -0.1) is 11.8 Å². The number of benzene rings is 1. The quantitative estimate of drug-likeness (QED) is 0.836. The molecule has 2 aliphatic rings. The minimum absolute atomic E-state index is 0.174. The van der Waals surface area contributed by atoms with Crippen LogP contribution in [0, 0.1) is 11.3 Å². The van der Waals surface area contributed by atoms with E-state index in [0.29, 0.717) is 5.92 Å².